The second kappa shape index (κ2) is 7.98. The van der Waals surface area contributed by atoms with Crippen LogP contribution in [0.1, 0.15) is 98.3 Å². The van der Waals surface area contributed by atoms with Crippen molar-refractivity contribution in [3.05, 3.63) is 12.7 Å². The standard InChI is InChI=1S/C23H38O.C2H6/c1-4-6-16-8-10-20-19-9-7-17-15-18(24)11-14-23(17,5-2)21(19)12-13-22(16,20)3;1-2/h5,16-21,24H,2,4,6-15H2,1,3H3;1-2H3. The van der Waals surface area contributed by atoms with E-state index in [0.29, 0.717) is 16.7 Å². The van der Waals surface area contributed by atoms with Crippen LogP contribution in [-0.4, -0.2) is 11.2 Å². The summed E-state index contributed by atoms with van der Waals surface area (Å²) in [4.78, 5) is 0. The zero-order chi connectivity index (χ0) is 18.9. The molecule has 8 unspecified atom stereocenters. The predicted octanol–water partition coefficient (Wildman–Crippen LogP) is 7.00. The Morgan fingerprint density at radius 2 is 1.77 bits per heavy atom. The zero-order valence-corrected chi connectivity index (χ0v) is 18.0. The van der Waals surface area contributed by atoms with Crippen molar-refractivity contribution in [1.82, 2.24) is 0 Å². The first-order valence-electron chi connectivity index (χ1n) is 11.9. The number of fused-ring (bicyclic) bond motifs is 5. The summed E-state index contributed by atoms with van der Waals surface area (Å²) in [5, 5.41) is 10.2. The van der Waals surface area contributed by atoms with Gasteiger partial charge >= 0.3 is 0 Å². The largest absolute Gasteiger partial charge is 0.393 e. The van der Waals surface area contributed by atoms with Crippen LogP contribution in [0.5, 0.6) is 0 Å². The van der Waals surface area contributed by atoms with Crippen molar-refractivity contribution in [2.24, 2.45) is 40.4 Å². The van der Waals surface area contributed by atoms with E-state index in [9.17, 15) is 5.11 Å². The van der Waals surface area contributed by atoms with Crippen LogP contribution in [0.2, 0.25) is 0 Å². The van der Waals surface area contributed by atoms with Crippen LogP contribution in [0.3, 0.4) is 0 Å². The molecule has 0 aliphatic heterocycles. The first-order valence-corrected chi connectivity index (χ1v) is 11.9. The van der Waals surface area contributed by atoms with Crippen LogP contribution in [0, 0.1) is 40.4 Å². The molecule has 4 fully saturated rings. The van der Waals surface area contributed by atoms with Gasteiger partial charge in [0.2, 0.25) is 0 Å². The summed E-state index contributed by atoms with van der Waals surface area (Å²) >= 11 is 0. The van der Waals surface area contributed by atoms with Gasteiger partial charge in [-0.15, -0.1) is 6.58 Å². The van der Waals surface area contributed by atoms with E-state index in [0.717, 1.165) is 36.5 Å². The second-order valence-electron chi connectivity index (χ2n) is 10.0. The minimum absolute atomic E-state index is 0.0473. The number of hydrogen-bond donors (Lipinski definition) is 1. The molecule has 0 spiro atoms. The van der Waals surface area contributed by atoms with Gasteiger partial charge in [-0.1, -0.05) is 46.6 Å². The normalized spacial score (nSPS) is 49.9. The van der Waals surface area contributed by atoms with Gasteiger partial charge in [0.05, 0.1) is 6.10 Å². The molecule has 0 aromatic heterocycles. The maximum Gasteiger partial charge on any atom is 0.0543 e. The molecule has 0 aromatic rings. The summed E-state index contributed by atoms with van der Waals surface area (Å²) in [5.41, 5.74) is 0.979. The minimum atomic E-state index is -0.0473. The SMILES string of the molecule is C=CC12CCC(O)CC1CCC1C3CCC(CCC)C3(C)CCC12.CC. The number of aliphatic hydroxyl groups excluding tert-OH is 1. The molecule has 150 valence electrons. The lowest BCUT2D eigenvalue weighted by Gasteiger charge is -2.61. The number of allylic oxidation sites excluding steroid dienone is 1. The first kappa shape index (κ1) is 20.4. The smallest absolute Gasteiger partial charge is 0.0543 e. The van der Waals surface area contributed by atoms with Gasteiger partial charge in [-0.2, -0.15) is 0 Å². The summed E-state index contributed by atoms with van der Waals surface area (Å²) in [7, 11) is 0. The van der Waals surface area contributed by atoms with Gasteiger partial charge in [-0.3, -0.25) is 0 Å². The highest BCUT2D eigenvalue weighted by atomic mass is 16.3. The van der Waals surface area contributed by atoms with Crippen LogP contribution in [0.15, 0.2) is 12.7 Å². The average Bonchev–Trinajstić information content (AvgIpc) is 3.00. The van der Waals surface area contributed by atoms with E-state index in [1.165, 1.54) is 57.8 Å². The fourth-order valence-corrected chi connectivity index (χ4v) is 8.26. The fraction of sp³-hybridized carbons (Fsp3) is 0.920. The van der Waals surface area contributed by atoms with Crippen LogP contribution in [0.4, 0.5) is 0 Å². The maximum absolute atomic E-state index is 10.2. The van der Waals surface area contributed by atoms with E-state index in [1.807, 2.05) is 13.8 Å². The summed E-state index contributed by atoms with van der Waals surface area (Å²) in [6, 6.07) is 0. The molecule has 8 atom stereocenters. The lowest BCUT2D eigenvalue weighted by molar-refractivity contribution is -0.112. The number of rotatable bonds is 3. The molecular formula is C25H44O. The van der Waals surface area contributed by atoms with E-state index in [-0.39, 0.29) is 6.10 Å². The van der Waals surface area contributed by atoms with E-state index in [2.05, 4.69) is 26.5 Å². The Morgan fingerprint density at radius 3 is 2.46 bits per heavy atom. The lowest BCUT2D eigenvalue weighted by atomic mass is 9.44. The highest BCUT2D eigenvalue weighted by Crippen LogP contribution is 2.68. The van der Waals surface area contributed by atoms with Gasteiger partial charge in [0.25, 0.3) is 0 Å². The third-order valence-electron chi connectivity index (χ3n) is 9.42. The summed E-state index contributed by atoms with van der Waals surface area (Å²) in [6.45, 7) is 13.4. The first-order chi connectivity index (χ1) is 12.5. The van der Waals surface area contributed by atoms with E-state index in [4.69, 9.17) is 0 Å². The average molecular weight is 361 g/mol. The molecule has 4 aliphatic rings. The molecule has 4 rings (SSSR count). The molecule has 0 radical (unpaired) electrons. The molecule has 0 bridgehead atoms. The molecule has 1 nitrogen and oxygen atoms in total. The van der Waals surface area contributed by atoms with Crippen molar-refractivity contribution in [3.8, 4) is 0 Å². The van der Waals surface area contributed by atoms with E-state index in [1.54, 1.807) is 0 Å². The summed E-state index contributed by atoms with van der Waals surface area (Å²) in [5.74, 6) is 4.46. The Balaban J connectivity index is 0.000000948. The van der Waals surface area contributed by atoms with Crippen molar-refractivity contribution in [2.45, 2.75) is 104 Å². The molecule has 0 saturated heterocycles. The Kier molecular flexibility index (Phi) is 6.27. The van der Waals surface area contributed by atoms with Crippen LogP contribution in [0.25, 0.3) is 0 Å². The molecule has 26 heavy (non-hydrogen) atoms. The maximum atomic E-state index is 10.2. The summed E-state index contributed by atoms with van der Waals surface area (Å²) < 4.78 is 0. The molecule has 0 aromatic carbocycles. The van der Waals surface area contributed by atoms with Crippen LogP contribution >= 0.6 is 0 Å². The monoisotopic (exact) mass is 360 g/mol. The Labute approximate surface area is 163 Å². The van der Waals surface area contributed by atoms with Gasteiger partial charge in [0.1, 0.15) is 0 Å². The van der Waals surface area contributed by atoms with Gasteiger partial charge in [-0.05, 0) is 98.2 Å². The van der Waals surface area contributed by atoms with E-state index < -0.39 is 0 Å². The summed E-state index contributed by atoms with van der Waals surface area (Å²) in [6.07, 6.45) is 17.0. The van der Waals surface area contributed by atoms with E-state index >= 15 is 0 Å². The molecule has 0 amide bonds. The second-order valence-corrected chi connectivity index (χ2v) is 10.0. The minimum Gasteiger partial charge on any atom is -0.393 e. The highest BCUT2D eigenvalue weighted by Gasteiger charge is 2.60. The topological polar surface area (TPSA) is 20.2 Å². The van der Waals surface area contributed by atoms with Crippen LogP contribution < -0.4 is 0 Å². The molecule has 4 saturated carbocycles. The number of aliphatic hydroxyl groups is 1. The van der Waals surface area contributed by atoms with Crippen LogP contribution in [-0.2, 0) is 0 Å². The Morgan fingerprint density at radius 1 is 1.00 bits per heavy atom. The van der Waals surface area contributed by atoms with Crippen molar-refractivity contribution >= 4 is 0 Å². The fourth-order valence-electron chi connectivity index (χ4n) is 8.26. The van der Waals surface area contributed by atoms with Crippen molar-refractivity contribution in [1.29, 1.82) is 0 Å². The van der Waals surface area contributed by atoms with Gasteiger partial charge in [0.15, 0.2) is 0 Å². The van der Waals surface area contributed by atoms with Crippen molar-refractivity contribution in [2.75, 3.05) is 0 Å². The van der Waals surface area contributed by atoms with Gasteiger partial charge in [0, 0.05) is 0 Å². The molecule has 0 heterocycles. The Bertz CT molecular complexity index is 485. The third-order valence-corrected chi connectivity index (χ3v) is 9.42. The van der Waals surface area contributed by atoms with Gasteiger partial charge in [-0.25, -0.2) is 0 Å². The lowest BCUT2D eigenvalue weighted by Crippen LogP contribution is -2.54. The van der Waals surface area contributed by atoms with Crippen molar-refractivity contribution in [3.63, 3.8) is 0 Å². The molecule has 1 N–H and O–H groups in total. The number of hydrogen-bond acceptors (Lipinski definition) is 1. The zero-order valence-electron chi connectivity index (χ0n) is 18.0. The molecular weight excluding hydrogens is 316 g/mol. The van der Waals surface area contributed by atoms with Gasteiger partial charge < -0.3 is 5.11 Å². The predicted molar refractivity (Wildman–Crippen MR) is 112 cm³/mol. The third kappa shape index (κ3) is 3.01. The highest BCUT2D eigenvalue weighted by molar-refractivity contribution is 5.14. The van der Waals surface area contributed by atoms with Crippen molar-refractivity contribution < 1.29 is 5.11 Å². The quantitative estimate of drug-likeness (QED) is 0.537. The Hall–Kier alpha value is -0.300. The molecule has 4 aliphatic carbocycles. The molecule has 1 heteroatoms.